The number of carbonyl (C=O) groups excluding carboxylic acids is 1. The van der Waals surface area contributed by atoms with Gasteiger partial charge in [-0.05, 0) is 29.5 Å². The van der Waals surface area contributed by atoms with E-state index in [0.29, 0.717) is 34.6 Å². The summed E-state index contributed by atoms with van der Waals surface area (Å²) in [6.07, 6.45) is 0.405. The molecule has 3 aromatic rings. The van der Waals surface area contributed by atoms with Crippen molar-refractivity contribution in [1.29, 1.82) is 0 Å². The highest BCUT2D eigenvalue weighted by atomic mass is 32.1. The number of carbonyl (C=O) groups is 1. The van der Waals surface area contributed by atoms with E-state index in [-0.39, 0.29) is 24.0 Å². The van der Waals surface area contributed by atoms with Gasteiger partial charge in [0.25, 0.3) is 5.56 Å². The lowest BCUT2D eigenvalue weighted by molar-refractivity contribution is 0.206. The van der Waals surface area contributed by atoms with Crippen molar-refractivity contribution in [3.63, 3.8) is 0 Å². The van der Waals surface area contributed by atoms with E-state index in [2.05, 4.69) is 15.3 Å². The van der Waals surface area contributed by atoms with Gasteiger partial charge >= 0.3 is 6.03 Å². The summed E-state index contributed by atoms with van der Waals surface area (Å²) < 4.78 is 14.1. The third kappa shape index (κ3) is 4.03. The van der Waals surface area contributed by atoms with Crippen LogP contribution in [0.25, 0.3) is 10.2 Å². The van der Waals surface area contributed by atoms with Crippen molar-refractivity contribution in [3.05, 3.63) is 63.3 Å². The van der Waals surface area contributed by atoms with E-state index in [1.54, 1.807) is 36.7 Å². The van der Waals surface area contributed by atoms with E-state index in [9.17, 15) is 14.0 Å². The number of aromatic nitrogens is 2. The van der Waals surface area contributed by atoms with Crippen molar-refractivity contribution in [2.75, 3.05) is 13.6 Å². The Morgan fingerprint density at radius 1 is 1.36 bits per heavy atom. The number of benzene rings is 1. The Morgan fingerprint density at radius 3 is 2.96 bits per heavy atom. The van der Waals surface area contributed by atoms with Crippen LogP contribution in [0.4, 0.5) is 9.18 Å². The maximum absolute atomic E-state index is 13.5. The first-order valence-corrected chi connectivity index (χ1v) is 8.61. The third-order valence-corrected chi connectivity index (χ3v) is 4.63. The monoisotopic (exact) mass is 360 g/mol. The van der Waals surface area contributed by atoms with Gasteiger partial charge in [-0.25, -0.2) is 14.2 Å². The lowest BCUT2D eigenvalue weighted by Gasteiger charge is -2.17. The molecule has 0 aliphatic carbocycles. The molecule has 0 aliphatic rings. The SMILES string of the molecule is CN(Cc1nc2ccsc2c(=O)[nH]1)C(=O)NCCc1ccccc1F. The van der Waals surface area contributed by atoms with Crippen LogP contribution in [0.1, 0.15) is 11.4 Å². The molecule has 0 bridgehead atoms. The molecule has 2 N–H and O–H groups in total. The topological polar surface area (TPSA) is 78.1 Å². The lowest BCUT2D eigenvalue weighted by atomic mass is 10.1. The van der Waals surface area contributed by atoms with Gasteiger partial charge in [-0.3, -0.25) is 4.79 Å². The molecule has 0 saturated heterocycles. The number of nitrogens with zero attached hydrogens (tertiary/aromatic N) is 2. The fourth-order valence-corrected chi connectivity index (χ4v) is 3.16. The van der Waals surface area contributed by atoms with Crippen molar-refractivity contribution >= 4 is 27.6 Å². The van der Waals surface area contributed by atoms with Crippen LogP contribution in [-0.4, -0.2) is 34.5 Å². The fraction of sp³-hybridized carbons (Fsp3) is 0.235. The largest absolute Gasteiger partial charge is 0.338 e. The Bertz CT molecular complexity index is 953. The molecule has 0 atom stereocenters. The Morgan fingerprint density at radius 2 is 2.16 bits per heavy atom. The van der Waals surface area contributed by atoms with Crippen LogP contribution >= 0.6 is 11.3 Å². The first-order chi connectivity index (χ1) is 12.0. The summed E-state index contributed by atoms with van der Waals surface area (Å²) in [6.45, 7) is 0.490. The molecule has 8 heteroatoms. The van der Waals surface area contributed by atoms with Crippen LogP contribution in [-0.2, 0) is 13.0 Å². The molecule has 0 spiro atoms. The number of urea groups is 1. The molecule has 2 amide bonds. The van der Waals surface area contributed by atoms with Gasteiger partial charge in [-0.1, -0.05) is 18.2 Å². The highest BCUT2D eigenvalue weighted by molar-refractivity contribution is 7.17. The molecule has 0 saturated carbocycles. The van der Waals surface area contributed by atoms with Gasteiger partial charge in [-0.15, -0.1) is 11.3 Å². The molecule has 130 valence electrons. The minimum atomic E-state index is -0.315. The zero-order chi connectivity index (χ0) is 17.8. The molecule has 2 heterocycles. The predicted octanol–water partition coefficient (Wildman–Crippen LogP) is 2.51. The third-order valence-electron chi connectivity index (χ3n) is 3.73. The molecule has 3 rings (SSSR count). The van der Waals surface area contributed by atoms with Gasteiger partial charge in [0, 0.05) is 13.6 Å². The Labute approximate surface area is 147 Å². The molecule has 0 radical (unpaired) electrons. The van der Waals surface area contributed by atoms with E-state index in [4.69, 9.17) is 0 Å². The van der Waals surface area contributed by atoms with Crippen molar-refractivity contribution in [1.82, 2.24) is 20.2 Å². The number of amides is 2. The summed E-state index contributed by atoms with van der Waals surface area (Å²) in [5.41, 5.74) is 0.972. The summed E-state index contributed by atoms with van der Waals surface area (Å²) in [5, 5.41) is 4.53. The van der Waals surface area contributed by atoms with Crippen LogP contribution in [0.3, 0.4) is 0 Å². The number of aromatic amines is 1. The fourth-order valence-electron chi connectivity index (χ4n) is 2.43. The Hall–Kier alpha value is -2.74. The number of nitrogens with one attached hydrogen (secondary N) is 2. The maximum Gasteiger partial charge on any atom is 0.317 e. The average molecular weight is 360 g/mol. The smallest absolute Gasteiger partial charge is 0.317 e. The molecule has 6 nitrogen and oxygen atoms in total. The van der Waals surface area contributed by atoms with Gasteiger partial charge in [-0.2, -0.15) is 0 Å². The van der Waals surface area contributed by atoms with Crippen molar-refractivity contribution in [2.45, 2.75) is 13.0 Å². The number of halogens is 1. The van der Waals surface area contributed by atoms with Crippen molar-refractivity contribution in [2.24, 2.45) is 0 Å². The molecule has 0 fully saturated rings. The second kappa shape index (κ2) is 7.43. The van der Waals surface area contributed by atoms with Crippen LogP contribution in [0, 0.1) is 5.82 Å². The minimum Gasteiger partial charge on any atom is -0.338 e. The maximum atomic E-state index is 13.5. The summed E-state index contributed by atoms with van der Waals surface area (Å²) >= 11 is 1.33. The second-order valence-corrected chi connectivity index (χ2v) is 6.49. The van der Waals surface area contributed by atoms with Crippen molar-refractivity contribution < 1.29 is 9.18 Å². The first-order valence-electron chi connectivity index (χ1n) is 7.73. The Balaban J connectivity index is 1.56. The molecule has 0 unspecified atom stereocenters. The molecule has 2 aromatic heterocycles. The lowest BCUT2D eigenvalue weighted by Crippen LogP contribution is -2.38. The van der Waals surface area contributed by atoms with Crippen LogP contribution < -0.4 is 10.9 Å². The summed E-state index contributed by atoms with van der Waals surface area (Å²) in [7, 11) is 1.61. The van der Waals surface area contributed by atoms with Crippen LogP contribution in [0.5, 0.6) is 0 Å². The van der Waals surface area contributed by atoms with Gasteiger partial charge in [0.15, 0.2) is 0 Å². The van der Waals surface area contributed by atoms with Crippen molar-refractivity contribution in [3.8, 4) is 0 Å². The van der Waals surface area contributed by atoms with E-state index in [1.165, 1.54) is 22.3 Å². The number of thiophene rings is 1. The van der Waals surface area contributed by atoms with E-state index >= 15 is 0 Å². The minimum absolute atomic E-state index is 0.173. The zero-order valence-electron chi connectivity index (χ0n) is 13.6. The van der Waals surface area contributed by atoms with Gasteiger partial charge < -0.3 is 15.2 Å². The molecular formula is C17H17FN4O2S. The molecule has 1 aromatic carbocycles. The van der Waals surface area contributed by atoms with E-state index < -0.39 is 0 Å². The molecular weight excluding hydrogens is 343 g/mol. The molecule has 25 heavy (non-hydrogen) atoms. The standard InChI is InChI=1S/C17H17FN4O2S/c1-22(10-14-20-13-7-9-25-15(13)16(23)21-14)17(24)19-8-6-11-4-2-3-5-12(11)18/h2-5,7,9H,6,8,10H2,1H3,(H,19,24)(H,20,21,23). The average Bonchev–Trinajstić information content (AvgIpc) is 3.05. The van der Waals surface area contributed by atoms with Gasteiger partial charge in [0.1, 0.15) is 16.3 Å². The quantitative estimate of drug-likeness (QED) is 0.734. The highest BCUT2D eigenvalue weighted by Crippen LogP contribution is 2.14. The molecule has 0 aliphatic heterocycles. The Kier molecular flexibility index (Phi) is 5.08. The first kappa shape index (κ1) is 17.1. The van der Waals surface area contributed by atoms with Crippen LogP contribution in [0.15, 0.2) is 40.5 Å². The zero-order valence-corrected chi connectivity index (χ0v) is 14.4. The predicted molar refractivity (Wildman–Crippen MR) is 95.2 cm³/mol. The second-order valence-electron chi connectivity index (χ2n) is 5.58. The van der Waals surface area contributed by atoms with Gasteiger partial charge in [0.05, 0.1) is 12.1 Å². The van der Waals surface area contributed by atoms with E-state index in [0.717, 1.165) is 0 Å². The number of H-pyrrole nitrogens is 1. The number of hydrogen-bond donors (Lipinski definition) is 2. The number of fused-ring (bicyclic) bond motifs is 1. The summed E-state index contributed by atoms with van der Waals surface area (Å²) in [4.78, 5) is 32.5. The summed E-state index contributed by atoms with van der Waals surface area (Å²) in [5.74, 6) is 0.138. The normalized spacial score (nSPS) is 10.8. The number of rotatable bonds is 5. The number of hydrogen-bond acceptors (Lipinski definition) is 4. The van der Waals surface area contributed by atoms with Gasteiger partial charge in [0.2, 0.25) is 0 Å². The van der Waals surface area contributed by atoms with E-state index in [1.807, 2.05) is 0 Å². The summed E-state index contributed by atoms with van der Waals surface area (Å²) in [6, 6.07) is 7.93. The highest BCUT2D eigenvalue weighted by Gasteiger charge is 2.12. The van der Waals surface area contributed by atoms with Crippen LogP contribution in [0.2, 0.25) is 0 Å².